The van der Waals surface area contributed by atoms with E-state index in [9.17, 15) is 28.8 Å². The van der Waals surface area contributed by atoms with E-state index in [4.69, 9.17) is 11.5 Å². The number of hydrogen-bond donors (Lipinski definition) is 2. The predicted octanol–water partition coefficient (Wildman–Crippen LogP) is -0.0109. The fourth-order valence-electron chi connectivity index (χ4n) is 3.06. The zero-order chi connectivity index (χ0) is 30.6. The van der Waals surface area contributed by atoms with E-state index in [1.807, 2.05) is 0 Å². The second-order valence-corrected chi connectivity index (χ2v) is 11.6. The number of nitrogen functional groups attached to an aromatic ring is 2. The molecule has 0 aliphatic rings. The van der Waals surface area contributed by atoms with Gasteiger partial charge in [-0.2, -0.15) is 9.13 Å². The summed E-state index contributed by atoms with van der Waals surface area (Å²) < 4.78 is 22.5. The molecule has 0 amide bonds. The van der Waals surface area contributed by atoms with Crippen molar-refractivity contribution in [3.8, 4) is 34.4 Å². The first kappa shape index (κ1) is 37.4. The molecule has 4 N–H and O–H groups in total. The molecule has 4 rings (SSSR count). The Morgan fingerprint density at radius 3 is 1.05 bits per heavy atom. The predicted molar refractivity (Wildman–Crippen MR) is 152 cm³/mol. The number of anilines is 2. The minimum Gasteiger partial charge on any atom is -0.873 e. The van der Waals surface area contributed by atoms with E-state index in [1.54, 1.807) is 109 Å². The van der Waals surface area contributed by atoms with Crippen LogP contribution in [0, 0.1) is 13.8 Å². The van der Waals surface area contributed by atoms with Crippen LogP contribution in [0.2, 0.25) is 0 Å². The number of hydrogen-bond acceptors (Lipinski definition) is 8. The molecule has 0 fully saturated rings. The number of benzene rings is 2. The molecule has 1 radical (unpaired) electrons. The van der Waals surface area contributed by atoms with Gasteiger partial charge in [0, 0.05) is 96.1 Å². The van der Waals surface area contributed by atoms with Crippen molar-refractivity contribution >= 4 is 33.0 Å². The number of pyridine rings is 2. The summed E-state index contributed by atoms with van der Waals surface area (Å²) in [6.45, 7) is 3.25. The van der Waals surface area contributed by atoms with Crippen molar-refractivity contribution in [2.45, 2.75) is 13.8 Å². The van der Waals surface area contributed by atoms with Crippen LogP contribution in [0.1, 0.15) is 11.4 Å². The van der Waals surface area contributed by atoms with Crippen LogP contribution in [-0.4, -0.2) is 33.4 Å². The van der Waals surface area contributed by atoms with Gasteiger partial charge in [0.25, 0.3) is 0 Å². The summed E-state index contributed by atoms with van der Waals surface area (Å²) >= 11 is 0. The SMILES string of the molecule is CS(C)=O.CS(C)=O.Cc1c([O-])c([O-])cc[n+]1-c1ccc(N)cc1.Cc1c([O-])c([O-])cc[n+]1-c1ccc(N)cc1.[Cu+2]. The summed E-state index contributed by atoms with van der Waals surface area (Å²) in [7, 11) is -1.22. The van der Waals surface area contributed by atoms with Crippen LogP contribution in [0.5, 0.6) is 23.0 Å². The molecule has 0 bridgehead atoms. The number of rotatable bonds is 2. The topological polar surface area (TPSA) is 186 Å². The van der Waals surface area contributed by atoms with Gasteiger partial charge in [-0.1, -0.05) is 0 Å². The molecule has 0 aliphatic carbocycles. The molecule has 4 aromatic rings. The Morgan fingerprint density at radius 2 is 0.805 bits per heavy atom. The van der Waals surface area contributed by atoms with Gasteiger partial charge in [-0.25, -0.2) is 0 Å². The largest absolute Gasteiger partial charge is 2.00 e. The molecule has 0 saturated carbocycles. The second kappa shape index (κ2) is 17.9. The summed E-state index contributed by atoms with van der Waals surface area (Å²) in [4.78, 5) is 0. The van der Waals surface area contributed by atoms with Crippen LogP contribution in [0.3, 0.4) is 0 Å². The van der Waals surface area contributed by atoms with Gasteiger partial charge >= 0.3 is 17.1 Å². The molecule has 2 aromatic carbocycles. The summed E-state index contributed by atoms with van der Waals surface area (Å²) in [6.07, 6.45) is 9.73. The summed E-state index contributed by atoms with van der Waals surface area (Å²) in [5, 5.41) is 45.2. The fourth-order valence-corrected chi connectivity index (χ4v) is 3.06. The van der Waals surface area contributed by atoms with E-state index >= 15 is 0 Å². The van der Waals surface area contributed by atoms with Crippen molar-refractivity contribution in [2.75, 3.05) is 36.5 Å². The van der Waals surface area contributed by atoms with Crippen LogP contribution in [0.4, 0.5) is 11.4 Å². The average Bonchev–Trinajstić information content (AvgIpc) is 2.87. The Bertz CT molecular complexity index is 1330. The fraction of sp³-hybridized carbons (Fsp3) is 0.214. The molecule has 41 heavy (non-hydrogen) atoms. The van der Waals surface area contributed by atoms with Crippen LogP contribution in [-0.2, 0) is 38.7 Å². The van der Waals surface area contributed by atoms with E-state index < -0.39 is 44.6 Å². The van der Waals surface area contributed by atoms with Crippen LogP contribution in [0.15, 0.2) is 73.1 Å². The zero-order valence-corrected chi connectivity index (χ0v) is 26.1. The summed E-state index contributed by atoms with van der Waals surface area (Å²) in [5.74, 6) is -1.91. The Morgan fingerprint density at radius 1 is 0.561 bits per heavy atom. The van der Waals surface area contributed by atoms with Crippen LogP contribution < -0.4 is 41.0 Å². The van der Waals surface area contributed by atoms with Crippen molar-refractivity contribution in [2.24, 2.45) is 0 Å². The summed E-state index contributed by atoms with van der Waals surface area (Å²) in [6, 6.07) is 16.7. The van der Waals surface area contributed by atoms with E-state index in [-0.39, 0.29) is 17.1 Å². The average molecular weight is 650 g/mol. The molecule has 0 atom stereocenters. The van der Waals surface area contributed by atoms with E-state index in [0.717, 1.165) is 11.4 Å². The van der Waals surface area contributed by atoms with Crippen molar-refractivity contribution in [1.29, 1.82) is 0 Å². The maximum Gasteiger partial charge on any atom is 2.00 e. The normalized spacial score (nSPS) is 9.76. The van der Waals surface area contributed by atoms with Gasteiger partial charge in [0.15, 0.2) is 23.8 Å². The van der Waals surface area contributed by atoms with Crippen LogP contribution >= 0.6 is 0 Å². The van der Waals surface area contributed by atoms with E-state index in [1.165, 1.54) is 12.1 Å². The maximum atomic E-state index is 11.5. The molecule has 0 aliphatic heterocycles. The molecule has 0 saturated heterocycles. The maximum absolute atomic E-state index is 11.5. The van der Waals surface area contributed by atoms with Gasteiger partial charge in [0.05, 0.1) is 0 Å². The molecular weight excluding hydrogens is 616 g/mol. The molecule has 0 unspecified atom stereocenters. The first-order chi connectivity index (χ1) is 18.6. The first-order valence-corrected chi connectivity index (χ1v) is 15.6. The van der Waals surface area contributed by atoms with Crippen LogP contribution in [0.25, 0.3) is 11.4 Å². The van der Waals surface area contributed by atoms with E-state index in [2.05, 4.69) is 0 Å². The molecular formula is C28H34CuN4O6S2. The standard InChI is InChI=1S/2C12H12N2O2.2C2H6OS.Cu/c2*1-8-12(16)11(15)6-7-14(8)10-4-2-9(13)3-5-10;2*1-4(2)3;/h2*2-7,16H,13H2,1H3;2*1-2H3;/q;;;;+2/p-2. The summed E-state index contributed by atoms with van der Waals surface area (Å²) in [5.41, 5.74) is 14.9. The first-order valence-electron chi connectivity index (χ1n) is 11.7. The molecule has 10 nitrogen and oxygen atoms in total. The third-order valence-corrected chi connectivity index (χ3v) is 4.92. The van der Waals surface area contributed by atoms with Crippen molar-refractivity contribution in [3.05, 3.63) is 84.4 Å². The van der Waals surface area contributed by atoms with Gasteiger partial charge in [0.2, 0.25) is 11.4 Å². The Labute approximate surface area is 256 Å². The molecule has 225 valence electrons. The number of aromatic nitrogens is 2. The molecule has 0 spiro atoms. The van der Waals surface area contributed by atoms with Gasteiger partial charge < -0.3 is 31.9 Å². The number of nitrogens with two attached hydrogens (primary N) is 2. The molecule has 2 heterocycles. The molecule has 2 aromatic heterocycles. The van der Waals surface area contributed by atoms with Gasteiger partial charge in [-0.3, -0.25) is 8.42 Å². The second-order valence-electron chi connectivity index (χ2n) is 8.60. The van der Waals surface area contributed by atoms with Gasteiger partial charge in [-0.15, -0.1) is 11.5 Å². The number of nitrogens with zero attached hydrogens (tertiary/aromatic N) is 2. The minimum absolute atomic E-state index is 0. The Hall–Kier alpha value is -3.64. The van der Waals surface area contributed by atoms with Crippen molar-refractivity contribution in [3.63, 3.8) is 0 Å². The Balaban J connectivity index is 0.000000609. The van der Waals surface area contributed by atoms with Gasteiger partial charge in [0.1, 0.15) is 0 Å². The smallest absolute Gasteiger partial charge is 0.873 e. The van der Waals surface area contributed by atoms with Gasteiger partial charge in [-0.05, 0) is 47.9 Å². The van der Waals surface area contributed by atoms with Crippen molar-refractivity contribution < 1.29 is 55.0 Å². The third kappa shape index (κ3) is 12.6. The van der Waals surface area contributed by atoms with Crippen molar-refractivity contribution in [1.82, 2.24) is 0 Å². The minimum atomic E-state index is -0.611. The quantitative estimate of drug-likeness (QED) is 0.172. The zero-order valence-electron chi connectivity index (χ0n) is 23.5. The monoisotopic (exact) mass is 649 g/mol. The van der Waals surface area contributed by atoms with E-state index in [0.29, 0.717) is 22.8 Å². The Kier molecular flexibility index (Phi) is 16.3. The molecule has 13 heteroatoms. The third-order valence-electron chi connectivity index (χ3n) is 4.92.